The summed E-state index contributed by atoms with van der Waals surface area (Å²) in [5.74, 6) is -3.15. The molecule has 196 valence electrons. The number of carbonyl (C=O) groups is 2. The first-order valence-corrected chi connectivity index (χ1v) is 10.7. The van der Waals surface area contributed by atoms with Crippen LogP contribution in [0, 0.1) is 0 Å². The van der Waals surface area contributed by atoms with Gasteiger partial charge in [-0.1, -0.05) is 36.4 Å². The molecule has 0 saturated heterocycles. The van der Waals surface area contributed by atoms with Crippen LogP contribution >= 0.6 is 0 Å². The third-order valence-corrected chi connectivity index (χ3v) is 5.31. The van der Waals surface area contributed by atoms with Crippen molar-refractivity contribution in [2.24, 2.45) is 5.73 Å². The van der Waals surface area contributed by atoms with Crippen LogP contribution in [0.4, 0.5) is 32.0 Å². The van der Waals surface area contributed by atoms with Crippen LogP contribution in [0.25, 0.3) is 16.9 Å². The smallest absolute Gasteiger partial charge is 0.369 e. The summed E-state index contributed by atoms with van der Waals surface area (Å²) in [6, 6.07) is 10.4. The minimum atomic E-state index is -5.12. The molecule has 0 spiro atoms. The maximum atomic E-state index is 14.3. The number of pyridine rings is 1. The van der Waals surface area contributed by atoms with E-state index in [0.29, 0.717) is 16.4 Å². The summed E-state index contributed by atoms with van der Waals surface area (Å²) in [5.41, 5.74) is 0.803. The Kier molecular flexibility index (Phi) is 6.89. The Morgan fingerprint density at radius 1 is 0.921 bits per heavy atom. The largest absolute Gasteiger partial charge is 0.420 e. The van der Waals surface area contributed by atoms with E-state index in [9.17, 15) is 35.9 Å². The van der Waals surface area contributed by atoms with Crippen molar-refractivity contribution in [1.82, 2.24) is 20.0 Å². The van der Waals surface area contributed by atoms with Gasteiger partial charge in [0, 0.05) is 0 Å². The molecule has 2 amide bonds. The highest BCUT2D eigenvalue weighted by Gasteiger charge is 2.40. The number of amides is 2. The molecule has 0 saturated carbocycles. The number of carbonyl (C=O) groups excluding carboxylic acids is 2. The average molecular weight is 534 g/mol. The molecule has 14 heteroatoms. The Morgan fingerprint density at radius 2 is 1.58 bits per heavy atom. The quantitative estimate of drug-likeness (QED) is 0.350. The summed E-state index contributed by atoms with van der Waals surface area (Å²) < 4.78 is 83.8. The SMILES string of the molecule is NC(=O)Cc1c(-c2ccccc2)ccc(C(=O)Nc2cnc(-n3nccn3)c(C(F)(F)F)c2)c1C(F)(F)F. The number of alkyl halides is 6. The Bertz CT molecular complexity index is 1490. The molecule has 0 aliphatic carbocycles. The first kappa shape index (κ1) is 26.3. The summed E-state index contributed by atoms with van der Waals surface area (Å²) in [6.45, 7) is 0. The summed E-state index contributed by atoms with van der Waals surface area (Å²) in [7, 11) is 0. The molecule has 8 nitrogen and oxygen atoms in total. The lowest BCUT2D eigenvalue weighted by Gasteiger charge is -2.20. The van der Waals surface area contributed by atoms with E-state index in [4.69, 9.17) is 5.73 Å². The van der Waals surface area contributed by atoms with Gasteiger partial charge in [0.05, 0.1) is 41.8 Å². The van der Waals surface area contributed by atoms with Gasteiger partial charge in [-0.05, 0) is 28.8 Å². The predicted octanol–water partition coefficient (Wildman–Crippen LogP) is 4.65. The van der Waals surface area contributed by atoms with Crippen molar-refractivity contribution in [3.05, 3.63) is 89.4 Å². The monoisotopic (exact) mass is 534 g/mol. The number of anilines is 1. The van der Waals surface area contributed by atoms with Gasteiger partial charge in [-0.25, -0.2) is 4.98 Å². The standard InChI is InChI=1S/C24H16F6N6O2/c25-23(26,27)18-10-14(12-32-21(18)36-33-8-9-34-36)35-22(38)16-7-6-15(13-4-2-1-3-5-13)17(11-19(31)37)20(16)24(28,29)30/h1-10,12H,11H2,(H2,31,37)(H,35,38). The molecule has 3 N–H and O–H groups in total. The average Bonchev–Trinajstić information content (AvgIpc) is 3.37. The van der Waals surface area contributed by atoms with Gasteiger partial charge in [0.25, 0.3) is 5.91 Å². The highest BCUT2D eigenvalue weighted by atomic mass is 19.4. The normalized spacial score (nSPS) is 11.8. The van der Waals surface area contributed by atoms with E-state index in [1.54, 1.807) is 18.2 Å². The number of hydrogen-bond donors (Lipinski definition) is 2. The third-order valence-electron chi connectivity index (χ3n) is 5.31. The number of halogens is 6. The van der Waals surface area contributed by atoms with E-state index >= 15 is 0 Å². The fourth-order valence-electron chi connectivity index (χ4n) is 3.82. The third kappa shape index (κ3) is 5.48. The first-order valence-electron chi connectivity index (χ1n) is 10.7. The molecule has 0 aliphatic rings. The van der Waals surface area contributed by atoms with Gasteiger partial charge in [0.2, 0.25) is 5.91 Å². The van der Waals surface area contributed by atoms with Gasteiger partial charge in [0.15, 0.2) is 5.82 Å². The van der Waals surface area contributed by atoms with Gasteiger partial charge in [-0.15, -0.1) is 4.80 Å². The van der Waals surface area contributed by atoms with Gasteiger partial charge < -0.3 is 11.1 Å². The van der Waals surface area contributed by atoms with E-state index in [2.05, 4.69) is 15.2 Å². The Hall–Kier alpha value is -4.75. The summed E-state index contributed by atoms with van der Waals surface area (Å²) in [6.07, 6.45) is -7.85. The molecule has 0 aliphatic heterocycles. The van der Waals surface area contributed by atoms with Gasteiger partial charge >= 0.3 is 12.4 Å². The van der Waals surface area contributed by atoms with Crippen LogP contribution in [0.5, 0.6) is 0 Å². The number of nitrogens with one attached hydrogen (secondary N) is 1. The lowest BCUT2D eigenvalue weighted by Crippen LogP contribution is -2.24. The second kappa shape index (κ2) is 9.95. The zero-order chi connectivity index (χ0) is 27.7. The minimum absolute atomic E-state index is 0.0189. The Balaban J connectivity index is 1.81. The number of nitrogens with zero attached hydrogens (tertiary/aromatic N) is 4. The van der Waals surface area contributed by atoms with Crippen LogP contribution in [-0.4, -0.2) is 31.8 Å². The molecule has 2 aromatic carbocycles. The minimum Gasteiger partial charge on any atom is -0.369 e. The molecule has 2 aromatic heterocycles. The van der Waals surface area contributed by atoms with Gasteiger partial charge in [0.1, 0.15) is 5.56 Å². The van der Waals surface area contributed by atoms with Crippen LogP contribution in [0.2, 0.25) is 0 Å². The topological polar surface area (TPSA) is 116 Å². The summed E-state index contributed by atoms with van der Waals surface area (Å²) in [4.78, 5) is 28.9. The van der Waals surface area contributed by atoms with Crippen molar-refractivity contribution in [3.8, 4) is 16.9 Å². The summed E-state index contributed by atoms with van der Waals surface area (Å²) in [5, 5.41) is 9.22. The molecule has 4 rings (SSSR count). The fourth-order valence-corrected chi connectivity index (χ4v) is 3.82. The second-order valence-corrected chi connectivity index (χ2v) is 7.89. The van der Waals surface area contributed by atoms with Crippen LogP contribution < -0.4 is 11.1 Å². The Labute approximate surface area is 210 Å². The molecular weight excluding hydrogens is 518 g/mol. The number of aromatic nitrogens is 4. The van der Waals surface area contributed by atoms with E-state index < -0.39 is 64.3 Å². The molecule has 0 fully saturated rings. The van der Waals surface area contributed by atoms with Crippen molar-refractivity contribution < 1.29 is 35.9 Å². The maximum Gasteiger partial charge on any atom is 0.420 e. The van der Waals surface area contributed by atoms with Crippen LogP contribution in [0.3, 0.4) is 0 Å². The molecule has 0 radical (unpaired) electrons. The van der Waals surface area contributed by atoms with Crippen molar-refractivity contribution in [2.75, 3.05) is 5.32 Å². The van der Waals surface area contributed by atoms with Crippen LogP contribution in [0.15, 0.2) is 67.1 Å². The first-order chi connectivity index (χ1) is 17.9. The van der Waals surface area contributed by atoms with Crippen molar-refractivity contribution in [2.45, 2.75) is 18.8 Å². The second-order valence-electron chi connectivity index (χ2n) is 7.89. The molecule has 0 bridgehead atoms. The fraction of sp³-hybridized carbons (Fsp3) is 0.125. The molecule has 38 heavy (non-hydrogen) atoms. The van der Waals surface area contributed by atoms with Gasteiger partial charge in [-0.3, -0.25) is 9.59 Å². The zero-order valence-corrected chi connectivity index (χ0v) is 19.0. The zero-order valence-electron chi connectivity index (χ0n) is 19.0. The lowest BCUT2D eigenvalue weighted by atomic mass is 9.89. The number of rotatable bonds is 6. The van der Waals surface area contributed by atoms with Gasteiger partial charge in [-0.2, -0.15) is 36.5 Å². The lowest BCUT2D eigenvalue weighted by molar-refractivity contribution is -0.139. The number of benzene rings is 2. The van der Waals surface area contributed by atoms with E-state index in [1.165, 1.54) is 18.2 Å². The molecule has 0 unspecified atom stereocenters. The van der Waals surface area contributed by atoms with Crippen molar-refractivity contribution >= 4 is 17.5 Å². The molecular formula is C24H16F6N6O2. The van der Waals surface area contributed by atoms with E-state index in [0.717, 1.165) is 24.7 Å². The number of nitrogens with two attached hydrogens (primary N) is 1. The predicted molar refractivity (Wildman–Crippen MR) is 122 cm³/mol. The van der Waals surface area contributed by atoms with E-state index in [-0.39, 0.29) is 5.56 Å². The molecule has 4 aromatic rings. The van der Waals surface area contributed by atoms with Crippen LogP contribution in [-0.2, 0) is 23.6 Å². The summed E-state index contributed by atoms with van der Waals surface area (Å²) >= 11 is 0. The van der Waals surface area contributed by atoms with Crippen LogP contribution in [0.1, 0.15) is 27.0 Å². The molecule has 0 atom stereocenters. The Morgan fingerprint density at radius 3 is 2.16 bits per heavy atom. The highest BCUT2D eigenvalue weighted by molar-refractivity contribution is 6.06. The highest BCUT2D eigenvalue weighted by Crippen LogP contribution is 2.40. The van der Waals surface area contributed by atoms with Crippen molar-refractivity contribution in [3.63, 3.8) is 0 Å². The maximum absolute atomic E-state index is 14.3. The number of primary amides is 1. The number of hydrogen-bond acceptors (Lipinski definition) is 5. The van der Waals surface area contributed by atoms with Crippen molar-refractivity contribution in [1.29, 1.82) is 0 Å². The molecule has 2 heterocycles. The van der Waals surface area contributed by atoms with E-state index in [1.807, 2.05) is 5.32 Å².